The summed E-state index contributed by atoms with van der Waals surface area (Å²) in [4.78, 5) is 13.3. The third kappa shape index (κ3) is 1.80. The Labute approximate surface area is 84.4 Å². The molecule has 5 nitrogen and oxygen atoms in total. The Morgan fingerprint density at radius 3 is 2.71 bits per heavy atom. The van der Waals surface area contributed by atoms with Gasteiger partial charge in [0, 0.05) is 4.88 Å². The van der Waals surface area contributed by atoms with Gasteiger partial charge in [-0.05, 0) is 19.1 Å². The Hall–Kier alpha value is -1.69. The second-order valence-corrected chi connectivity index (χ2v) is 4.01. The molecule has 0 bridgehead atoms. The molecule has 0 aliphatic rings. The predicted octanol–water partition coefficient (Wildman–Crippen LogP) is 1.03. The topological polar surface area (TPSA) is 59.8 Å². The standard InChI is InChI=1S/C8H8N4OS/c1-6-2-3-7(14-6)8(13)11-12-4-9-10-5-12/h2-5H,1H3,(H,11,13). The van der Waals surface area contributed by atoms with Crippen molar-refractivity contribution in [1.82, 2.24) is 14.9 Å². The molecule has 6 heteroatoms. The lowest BCUT2D eigenvalue weighted by Crippen LogP contribution is -2.20. The van der Waals surface area contributed by atoms with Crippen molar-refractivity contribution in [1.29, 1.82) is 0 Å². The minimum absolute atomic E-state index is 0.150. The number of hydrogen-bond donors (Lipinski definition) is 1. The quantitative estimate of drug-likeness (QED) is 0.802. The van der Waals surface area contributed by atoms with Crippen LogP contribution in [-0.4, -0.2) is 20.8 Å². The van der Waals surface area contributed by atoms with Crippen LogP contribution in [0.1, 0.15) is 14.5 Å². The monoisotopic (exact) mass is 208 g/mol. The predicted molar refractivity (Wildman–Crippen MR) is 52.8 cm³/mol. The van der Waals surface area contributed by atoms with Crippen molar-refractivity contribution in [3.05, 3.63) is 34.5 Å². The fraction of sp³-hybridized carbons (Fsp3) is 0.125. The molecule has 0 radical (unpaired) electrons. The van der Waals surface area contributed by atoms with Gasteiger partial charge in [0.05, 0.1) is 4.88 Å². The second kappa shape index (κ2) is 3.59. The minimum Gasteiger partial charge on any atom is -0.266 e. The number of nitrogens with zero attached hydrogens (tertiary/aromatic N) is 3. The van der Waals surface area contributed by atoms with Gasteiger partial charge >= 0.3 is 0 Å². The fourth-order valence-corrected chi connectivity index (χ4v) is 1.74. The average Bonchev–Trinajstić information content (AvgIpc) is 2.75. The zero-order valence-corrected chi connectivity index (χ0v) is 8.28. The summed E-state index contributed by atoms with van der Waals surface area (Å²) in [7, 11) is 0. The largest absolute Gasteiger partial charge is 0.280 e. The Morgan fingerprint density at radius 1 is 1.43 bits per heavy atom. The molecule has 14 heavy (non-hydrogen) atoms. The van der Waals surface area contributed by atoms with Crippen molar-refractivity contribution in [2.45, 2.75) is 6.92 Å². The lowest BCUT2D eigenvalue weighted by molar-refractivity contribution is 0.101. The number of nitrogens with one attached hydrogen (secondary N) is 1. The van der Waals surface area contributed by atoms with E-state index in [0.717, 1.165) is 4.88 Å². The van der Waals surface area contributed by atoms with Crippen LogP contribution >= 0.6 is 11.3 Å². The highest BCUT2D eigenvalue weighted by atomic mass is 32.1. The normalized spacial score (nSPS) is 10.1. The molecule has 2 aromatic rings. The molecule has 0 fully saturated rings. The van der Waals surface area contributed by atoms with Crippen LogP contribution in [0.5, 0.6) is 0 Å². The number of thiophene rings is 1. The first-order valence-corrected chi connectivity index (χ1v) is 4.80. The summed E-state index contributed by atoms with van der Waals surface area (Å²) in [5.41, 5.74) is 2.61. The minimum atomic E-state index is -0.150. The van der Waals surface area contributed by atoms with Crippen molar-refractivity contribution in [2.24, 2.45) is 0 Å². The van der Waals surface area contributed by atoms with E-state index in [1.807, 2.05) is 13.0 Å². The number of aromatic nitrogens is 3. The van der Waals surface area contributed by atoms with Crippen LogP contribution in [0.2, 0.25) is 0 Å². The number of carbonyl (C=O) groups excluding carboxylic acids is 1. The van der Waals surface area contributed by atoms with E-state index in [-0.39, 0.29) is 5.91 Å². The van der Waals surface area contributed by atoms with Crippen molar-refractivity contribution in [3.63, 3.8) is 0 Å². The van der Waals surface area contributed by atoms with Gasteiger partial charge in [0.25, 0.3) is 5.91 Å². The summed E-state index contributed by atoms with van der Waals surface area (Å²) >= 11 is 1.45. The van der Waals surface area contributed by atoms with Gasteiger partial charge in [0.15, 0.2) is 0 Å². The Bertz CT molecular complexity index is 434. The SMILES string of the molecule is Cc1ccc(C(=O)Nn2cnnc2)s1. The third-order valence-corrected chi connectivity index (χ3v) is 2.61. The van der Waals surface area contributed by atoms with E-state index >= 15 is 0 Å². The highest BCUT2D eigenvalue weighted by Gasteiger charge is 2.07. The molecule has 72 valence electrons. The molecule has 1 N–H and O–H groups in total. The number of aryl methyl sites for hydroxylation is 1. The average molecular weight is 208 g/mol. The van der Waals surface area contributed by atoms with Crippen LogP contribution in [0, 0.1) is 6.92 Å². The number of amides is 1. The molecule has 0 unspecified atom stereocenters. The molecule has 0 spiro atoms. The number of hydrogen-bond acceptors (Lipinski definition) is 4. The molecule has 2 heterocycles. The fourth-order valence-electron chi connectivity index (χ4n) is 0.987. The van der Waals surface area contributed by atoms with Gasteiger partial charge in [-0.25, -0.2) is 4.68 Å². The molecule has 0 aliphatic carbocycles. The van der Waals surface area contributed by atoms with Gasteiger partial charge in [-0.2, -0.15) is 0 Å². The first-order chi connectivity index (χ1) is 6.75. The van der Waals surface area contributed by atoms with Gasteiger partial charge in [-0.3, -0.25) is 10.2 Å². The van der Waals surface area contributed by atoms with Gasteiger partial charge < -0.3 is 0 Å². The van der Waals surface area contributed by atoms with Crippen LogP contribution in [0.3, 0.4) is 0 Å². The number of rotatable bonds is 2. The number of carbonyl (C=O) groups is 1. The van der Waals surface area contributed by atoms with E-state index in [1.54, 1.807) is 6.07 Å². The summed E-state index contributed by atoms with van der Waals surface area (Å²) < 4.78 is 1.41. The van der Waals surface area contributed by atoms with E-state index < -0.39 is 0 Å². The molecule has 0 aromatic carbocycles. The van der Waals surface area contributed by atoms with Crippen LogP contribution in [-0.2, 0) is 0 Å². The maximum atomic E-state index is 11.5. The molecule has 0 saturated heterocycles. The molecular formula is C8H8N4OS. The zero-order valence-electron chi connectivity index (χ0n) is 7.47. The van der Waals surface area contributed by atoms with E-state index in [1.165, 1.54) is 28.7 Å². The third-order valence-electron chi connectivity index (χ3n) is 1.61. The van der Waals surface area contributed by atoms with Crippen LogP contribution in [0.25, 0.3) is 0 Å². The molecule has 0 aliphatic heterocycles. The Morgan fingerprint density at radius 2 is 2.14 bits per heavy atom. The lowest BCUT2D eigenvalue weighted by atomic mass is 10.4. The van der Waals surface area contributed by atoms with Crippen molar-refractivity contribution in [3.8, 4) is 0 Å². The maximum absolute atomic E-state index is 11.5. The highest BCUT2D eigenvalue weighted by Crippen LogP contribution is 2.14. The van der Waals surface area contributed by atoms with E-state index in [9.17, 15) is 4.79 Å². The zero-order chi connectivity index (χ0) is 9.97. The van der Waals surface area contributed by atoms with Gasteiger partial charge in [0.1, 0.15) is 12.7 Å². The van der Waals surface area contributed by atoms with Crippen LogP contribution in [0.4, 0.5) is 0 Å². The second-order valence-electron chi connectivity index (χ2n) is 2.72. The summed E-state index contributed by atoms with van der Waals surface area (Å²) in [6.07, 6.45) is 2.86. The summed E-state index contributed by atoms with van der Waals surface area (Å²) in [6, 6.07) is 3.70. The van der Waals surface area contributed by atoms with Crippen molar-refractivity contribution in [2.75, 3.05) is 5.43 Å². The summed E-state index contributed by atoms with van der Waals surface area (Å²) in [6.45, 7) is 1.96. The van der Waals surface area contributed by atoms with E-state index in [0.29, 0.717) is 4.88 Å². The molecule has 2 aromatic heterocycles. The molecule has 0 atom stereocenters. The van der Waals surface area contributed by atoms with Crippen LogP contribution in [0.15, 0.2) is 24.8 Å². The highest BCUT2D eigenvalue weighted by molar-refractivity contribution is 7.14. The first-order valence-electron chi connectivity index (χ1n) is 3.98. The Balaban J connectivity index is 2.10. The smallest absolute Gasteiger partial charge is 0.266 e. The molecule has 0 saturated carbocycles. The lowest BCUT2D eigenvalue weighted by Gasteiger charge is -2.00. The van der Waals surface area contributed by atoms with Gasteiger partial charge in [-0.1, -0.05) is 0 Å². The molecule has 1 amide bonds. The van der Waals surface area contributed by atoms with Crippen molar-refractivity contribution >= 4 is 17.2 Å². The maximum Gasteiger partial charge on any atom is 0.280 e. The van der Waals surface area contributed by atoms with Gasteiger partial charge in [0.2, 0.25) is 0 Å². The van der Waals surface area contributed by atoms with Crippen molar-refractivity contribution < 1.29 is 4.79 Å². The summed E-state index contributed by atoms with van der Waals surface area (Å²) in [5.74, 6) is -0.150. The first kappa shape index (κ1) is 8.89. The molecule has 2 rings (SSSR count). The van der Waals surface area contributed by atoms with E-state index in [4.69, 9.17) is 0 Å². The Kier molecular flexibility index (Phi) is 2.28. The van der Waals surface area contributed by atoms with Gasteiger partial charge in [-0.15, -0.1) is 21.5 Å². The van der Waals surface area contributed by atoms with Crippen LogP contribution < -0.4 is 5.43 Å². The van der Waals surface area contributed by atoms with E-state index in [2.05, 4.69) is 15.6 Å². The summed E-state index contributed by atoms with van der Waals surface area (Å²) in [5, 5.41) is 7.15. The molecular weight excluding hydrogens is 200 g/mol.